The maximum Gasteiger partial charge on any atom is 0.0640 e. The first kappa shape index (κ1) is 34.0. The van der Waals surface area contributed by atoms with E-state index >= 15 is 0 Å². The molecule has 0 saturated carbocycles. The summed E-state index contributed by atoms with van der Waals surface area (Å²) in [6.45, 7) is 0. The molecule has 2 heteroatoms. The summed E-state index contributed by atoms with van der Waals surface area (Å²) in [4.78, 5) is 2.43. The van der Waals surface area contributed by atoms with Crippen LogP contribution in [-0.4, -0.2) is 0 Å². The maximum atomic E-state index is 2.43. The average molecular weight is 756 g/mol. The predicted octanol–water partition coefficient (Wildman–Crippen LogP) is 16.5. The largest absolute Gasteiger partial charge is 0.309 e. The van der Waals surface area contributed by atoms with Crippen LogP contribution < -0.4 is 4.90 Å². The van der Waals surface area contributed by atoms with Crippen LogP contribution in [0.4, 0.5) is 17.1 Å². The standard InChI is InChI=1S/C56H37NS/c1-2-12-38(13-3-1)45-31-30-41-16-10-22-50(53(41)37-45)42-28-26-39(27-29-42)44-17-8-18-47(36-44)57(54-24-11-23-52-51-20-6-7-25-55(51)58-56(52)54)46-34-32-43(33-35-46)49-21-9-15-40-14-4-5-19-48(40)49/h1-37H. The Balaban J connectivity index is 1.000. The Morgan fingerprint density at radius 2 is 0.828 bits per heavy atom. The molecule has 0 aliphatic carbocycles. The van der Waals surface area contributed by atoms with Crippen molar-refractivity contribution in [1.29, 1.82) is 0 Å². The van der Waals surface area contributed by atoms with E-state index in [2.05, 4.69) is 229 Å². The van der Waals surface area contributed by atoms with E-state index in [-0.39, 0.29) is 0 Å². The van der Waals surface area contributed by atoms with Gasteiger partial charge in [-0.25, -0.2) is 0 Å². The van der Waals surface area contributed by atoms with E-state index in [1.165, 1.54) is 91.9 Å². The summed E-state index contributed by atoms with van der Waals surface area (Å²) >= 11 is 1.87. The van der Waals surface area contributed by atoms with Crippen LogP contribution >= 0.6 is 11.3 Å². The highest BCUT2D eigenvalue weighted by Gasteiger charge is 2.19. The quantitative estimate of drug-likeness (QED) is 0.157. The van der Waals surface area contributed by atoms with Gasteiger partial charge in [0.1, 0.15) is 0 Å². The molecule has 11 aromatic rings. The van der Waals surface area contributed by atoms with Crippen LogP contribution in [-0.2, 0) is 0 Å². The van der Waals surface area contributed by atoms with E-state index in [9.17, 15) is 0 Å². The molecule has 0 aliphatic rings. The topological polar surface area (TPSA) is 3.24 Å². The van der Waals surface area contributed by atoms with Gasteiger partial charge in [-0.1, -0.05) is 182 Å². The molecule has 0 radical (unpaired) electrons. The molecule has 0 spiro atoms. The lowest BCUT2D eigenvalue weighted by Crippen LogP contribution is -2.10. The summed E-state index contributed by atoms with van der Waals surface area (Å²) in [5.41, 5.74) is 13.1. The Morgan fingerprint density at radius 3 is 1.64 bits per heavy atom. The molecule has 11 rings (SSSR count). The average Bonchev–Trinajstić information content (AvgIpc) is 3.69. The molecular formula is C56H37NS. The number of rotatable bonds is 7. The zero-order chi connectivity index (χ0) is 38.4. The second-order valence-electron chi connectivity index (χ2n) is 14.9. The Hall–Kier alpha value is -7.26. The zero-order valence-electron chi connectivity index (χ0n) is 31.7. The van der Waals surface area contributed by atoms with Gasteiger partial charge in [-0.15, -0.1) is 11.3 Å². The van der Waals surface area contributed by atoms with Gasteiger partial charge < -0.3 is 4.90 Å². The Kier molecular flexibility index (Phi) is 8.42. The van der Waals surface area contributed by atoms with Crippen molar-refractivity contribution < 1.29 is 0 Å². The number of hydrogen-bond donors (Lipinski definition) is 0. The Morgan fingerprint density at radius 1 is 0.293 bits per heavy atom. The number of fused-ring (bicyclic) bond motifs is 5. The van der Waals surface area contributed by atoms with E-state index in [1.807, 2.05) is 11.3 Å². The monoisotopic (exact) mass is 755 g/mol. The van der Waals surface area contributed by atoms with Gasteiger partial charge in [0.2, 0.25) is 0 Å². The molecule has 0 bridgehead atoms. The molecule has 0 amide bonds. The molecule has 0 atom stereocenters. The van der Waals surface area contributed by atoms with E-state index in [0.29, 0.717) is 0 Å². The van der Waals surface area contributed by atoms with Crippen molar-refractivity contribution in [2.75, 3.05) is 4.90 Å². The summed E-state index contributed by atoms with van der Waals surface area (Å²) < 4.78 is 2.58. The summed E-state index contributed by atoms with van der Waals surface area (Å²) in [6, 6.07) is 81.9. The fourth-order valence-electron chi connectivity index (χ4n) is 8.60. The summed E-state index contributed by atoms with van der Waals surface area (Å²) in [5, 5.41) is 7.60. The number of hydrogen-bond acceptors (Lipinski definition) is 2. The van der Waals surface area contributed by atoms with Gasteiger partial charge in [0.25, 0.3) is 0 Å². The van der Waals surface area contributed by atoms with Gasteiger partial charge in [0.05, 0.1) is 10.4 Å². The van der Waals surface area contributed by atoms with Crippen molar-refractivity contribution in [3.05, 3.63) is 224 Å². The molecule has 272 valence electrons. The summed E-state index contributed by atoms with van der Waals surface area (Å²) in [6.07, 6.45) is 0. The van der Waals surface area contributed by atoms with Gasteiger partial charge in [-0.05, 0) is 109 Å². The van der Waals surface area contributed by atoms with Crippen LogP contribution in [0.15, 0.2) is 224 Å². The van der Waals surface area contributed by atoms with Crippen LogP contribution in [0.1, 0.15) is 0 Å². The summed E-state index contributed by atoms with van der Waals surface area (Å²) in [7, 11) is 0. The van der Waals surface area contributed by atoms with Gasteiger partial charge >= 0.3 is 0 Å². The first-order chi connectivity index (χ1) is 28.7. The van der Waals surface area contributed by atoms with Crippen molar-refractivity contribution >= 4 is 70.1 Å². The molecule has 0 saturated heterocycles. The first-order valence-corrected chi connectivity index (χ1v) is 20.6. The SMILES string of the molecule is c1ccc(-c2ccc3cccc(-c4ccc(-c5cccc(N(c6ccc(-c7cccc8ccccc78)cc6)c6cccc7c6sc6ccccc67)c5)cc4)c3c2)cc1. The van der Waals surface area contributed by atoms with Gasteiger partial charge in [0.15, 0.2) is 0 Å². The molecule has 0 unspecified atom stereocenters. The van der Waals surface area contributed by atoms with Crippen molar-refractivity contribution in [3.8, 4) is 44.5 Å². The third-order valence-corrected chi connectivity index (χ3v) is 12.7. The minimum absolute atomic E-state index is 1.12. The highest BCUT2D eigenvalue weighted by molar-refractivity contribution is 7.26. The number of nitrogens with zero attached hydrogens (tertiary/aromatic N) is 1. The number of benzene rings is 10. The number of anilines is 3. The molecule has 58 heavy (non-hydrogen) atoms. The smallest absolute Gasteiger partial charge is 0.0640 e. The molecule has 1 heterocycles. The van der Waals surface area contributed by atoms with Crippen molar-refractivity contribution in [3.63, 3.8) is 0 Å². The zero-order valence-corrected chi connectivity index (χ0v) is 32.5. The van der Waals surface area contributed by atoms with Crippen LogP contribution in [0.2, 0.25) is 0 Å². The minimum atomic E-state index is 1.12. The van der Waals surface area contributed by atoms with E-state index in [0.717, 1.165) is 11.4 Å². The Bertz CT molecular complexity index is 3260. The van der Waals surface area contributed by atoms with E-state index < -0.39 is 0 Å². The summed E-state index contributed by atoms with van der Waals surface area (Å²) in [5.74, 6) is 0. The minimum Gasteiger partial charge on any atom is -0.309 e. The van der Waals surface area contributed by atoms with Crippen LogP contribution in [0.25, 0.3) is 86.2 Å². The lowest BCUT2D eigenvalue weighted by molar-refractivity contribution is 1.30. The van der Waals surface area contributed by atoms with Gasteiger partial charge in [-0.3, -0.25) is 0 Å². The van der Waals surface area contributed by atoms with E-state index in [1.54, 1.807) is 0 Å². The Labute approximate surface area is 342 Å². The molecular weight excluding hydrogens is 719 g/mol. The molecule has 1 nitrogen and oxygen atoms in total. The third kappa shape index (κ3) is 6.03. The number of thiophene rings is 1. The fourth-order valence-corrected chi connectivity index (χ4v) is 9.81. The van der Waals surface area contributed by atoms with Crippen LogP contribution in [0.5, 0.6) is 0 Å². The fraction of sp³-hybridized carbons (Fsp3) is 0. The third-order valence-electron chi connectivity index (χ3n) is 11.5. The lowest BCUT2D eigenvalue weighted by Gasteiger charge is -2.27. The van der Waals surface area contributed by atoms with Gasteiger partial charge in [-0.2, -0.15) is 0 Å². The van der Waals surface area contributed by atoms with Crippen molar-refractivity contribution in [2.24, 2.45) is 0 Å². The molecule has 0 N–H and O–H groups in total. The van der Waals surface area contributed by atoms with Crippen molar-refractivity contribution in [1.82, 2.24) is 0 Å². The van der Waals surface area contributed by atoms with E-state index in [4.69, 9.17) is 0 Å². The lowest BCUT2D eigenvalue weighted by atomic mass is 9.93. The highest BCUT2D eigenvalue weighted by Crippen LogP contribution is 2.46. The van der Waals surface area contributed by atoms with Crippen molar-refractivity contribution in [2.45, 2.75) is 0 Å². The highest BCUT2D eigenvalue weighted by atomic mass is 32.1. The molecule has 0 aliphatic heterocycles. The normalized spacial score (nSPS) is 11.4. The van der Waals surface area contributed by atoms with Gasteiger partial charge in [0, 0.05) is 26.8 Å². The van der Waals surface area contributed by atoms with Crippen LogP contribution in [0.3, 0.4) is 0 Å². The second-order valence-corrected chi connectivity index (χ2v) is 15.9. The predicted molar refractivity (Wildman–Crippen MR) is 251 cm³/mol. The second kappa shape index (κ2) is 14.4. The maximum absolute atomic E-state index is 2.43. The molecule has 0 fully saturated rings. The van der Waals surface area contributed by atoms with Crippen LogP contribution in [0, 0.1) is 0 Å². The first-order valence-electron chi connectivity index (χ1n) is 19.8. The molecule has 10 aromatic carbocycles. The molecule has 1 aromatic heterocycles.